The Bertz CT molecular complexity index is 1630. The molecule has 0 aliphatic heterocycles. The number of ether oxygens (including phenoxy) is 2. The van der Waals surface area contributed by atoms with Crippen LogP contribution >= 0.6 is 0 Å². The van der Waals surface area contributed by atoms with Gasteiger partial charge in [-0.25, -0.2) is 4.68 Å². The molecule has 0 bridgehead atoms. The number of nitrogens with one attached hydrogen (secondary N) is 1. The van der Waals surface area contributed by atoms with Gasteiger partial charge in [-0.3, -0.25) is 9.59 Å². The number of hydrogen-bond acceptors (Lipinski definition) is 8. The van der Waals surface area contributed by atoms with Crippen molar-refractivity contribution in [3.8, 4) is 34.3 Å². The maximum Gasteiger partial charge on any atom is 0.267 e. The van der Waals surface area contributed by atoms with E-state index in [0.29, 0.717) is 29.7 Å². The van der Waals surface area contributed by atoms with Crippen LogP contribution in [0.5, 0.6) is 11.6 Å². The molecule has 5 aromatic rings. The van der Waals surface area contributed by atoms with Crippen LogP contribution in [0.2, 0.25) is 0 Å². The molecule has 1 unspecified atom stereocenters. The van der Waals surface area contributed by atoms with Crippen LogP contribution in [0.1, 0.15) is 19.9 Å². The fourth-order valence-corrected chi connectivity index (χ4v) is 3.95. The lowest BCUT2D eigenvalue weighted by molar-refractivity contribution is -0.124. The van der Waals surface area contributed by atoms with Crippen molar-refractivity contribution in [1.82, 2.24) is 34.9 Å². The second-order valence-corrected chi connectivity index (χ2v) is 8.61. The van der Waals surface area contributed by atoms with Gasteiger partial charge in [-0.05, 0) is 50.2 Å². The first-order valence-corrected chi connectivity index (χ1v) is 12.5. The van der Waals surface area contributed by atoms with Gasteiger partial charge >= 0.3 is 0 Å². The van der Waals surface area contributed by atoms with Gasteiger partial charge < -0.3 is 14.8 Å². The lowest BCUT2D eigenvalue weighted by Gasteiger charge is -2.15. The molecule has 2 aromatic carbocycles. The highest BCUT2D eigenvalue weighted by Gasteiger charge is 2.18. The van der Waals surface area contributed by atoms with Crippen molar-refractivity contribution in [3.63, 3.8) is 0 Å². The zero-order chi connectivity index (χ0) is 27.2. The first-order valence-electron chi connectivity index (χ1n) is 12.5. The third-order valence-electron chi connectivity index (χ3n) is 5.95. The normalized spacial score (nSPS) is 11.7. The molecule has 0 fully saturated rings. The van der Waals surface area contributed by atoms with Gasteiger partial charge in [0.25, 0.3) is 5.56 Å². The topological polar surface area (TPSA) is 126 Å². The number of carbonyl (C=O) groups excluding carboxylic acids is 1. The van der Waals surface area contributed by atoms with E-state index in [1.54, 1.807) is 29.6 Å². The Balaban J connectivity index is 1.20. The third-order valence-corrected chi connectivity index (χ3v) is 5.95. The van der Waals surface area contributed by atoms with E-state index in [1.165, 1.54) is 10.7 Å². The Hall–Kier alpha value is -5.06. The van der Waals surface area contributed by atoms with Crippen molar-refractivity contribution >= 4 is 11.6 Å². The van der Waals surface area contributed by atoms with E-state index in [9.17, 15) is 9.59 Å². The van der Waals surface area contributed by atoms with Gasteiger partial charge in [0.1, 0.15) is 18.4 Å². The maximum absolute atomic E-state index is 12.8. The predicted molar refractivity (Wildman–Crippen MR) is 145 cm³/mol. The summed E-state index contributed by atoms with van der Waals surface area (Å²) < 4.78 is 14.0. The lowest BCUT2D eigenvalue weighted by Crippen LogP contribution is -2.38. The van der Waals surface area contributed by atoms with Crippen molar-refractivity contribution < 1.29 is 14.3 Å². The number of amides is 1. The van der Waals surface area contributed by atoms with Crippen LogP contribution in [0.4, 0.5) is 0 Å². The first kappa shape index (κ1) is 25.6. The summed E-state index contributed by atoms with van der Waals surface area (Å²) in [6.45, 7) is 4.50. The van der Waals surface area contributed by atoms with Crippen molar-refractivity contribution in [2.75, 3.05) is 19.8 Å². The van der Waals surface area contributed by atoms with Crippen molar-refractivity contribution in [2.24, 2.45) is 0 Å². The summed E-state index contributed by atoms with van der Waals surface area (Å²) in [5.41, 5.74) is 2.48. The van der Waals surface area contributed by atoms with E-state index in [-0.39, 0.29) is 24.6 Å². The molecule has 1 amide bonds. The van der Waals surface area contributed by atoms with Crippen molar-refractivity contribution in [1.29, 1.82) is 0 Å². The van der Waals surface area contributed by atoms with E-state index in [1.807, 2.05) is 61.5 Å². The van der Waals surface area contributed by atoms with Gasteiger partial charge in [0.15, 0.2) is 11.5 Å². The van der Waals surface area contributed by atoms with E-state index in [0.717, 1.165) is 16.9 Å². The van der Waals surface area contributed by atoms with Crippen LogP contribution in [0.3, 0.4) is 0 Å². The summed E-state index contributed by atoms with van der Waals surface area (Å²) in [7, 11) is 0. The summed E-state index contributed by atoms with van der Waals surface area (Å²) in [5.74, 6) is 1.36. The molecule has 198 valence electrons. The van der Waals surface area contributed by atoms with Crippen LogP contribution in [0, 0.1) is 0 Å². The molecular formula is C28H27N7O4. The van der Waals surface area contributed by atoms with Gasteiger partial charge in [-0.2, -0.15) is 9.61 Å². The Kier molecular flexibility index (Phi) is 7.58. The minimum atomic E-state index is -0.819. The average Bonchev–Trinajstić information content (AvgIpc) is 3.39. The number of rotatable bonds is 10. The number of aromatic nitrogens is 6. The number of nitrogens with zero attached hydrogens (tertiary/aromatic N) is 6. The number of fused-ring (bicyclic) bond motifs is 1. The molecule has 1 atom stereocenters. The Morgan fingerprint density at radius 1 is 0.897 bits per heavy atom. The van der Waals surface area contributed by atoms with E-state index >= 15 is 0 Å². The minimum absolute atomic E-state index is 0.175. The second kappa shape index (κ2) is 11.5. The van der Waals surface area contributed by atoms with Gasteiger partial charge in [0, 0.05) is 23.3 Å². The van der Waals surface area contributed by atoms with Gasteiger partial charge in [-0.15, -0.1) is 15.3 Å². The third kappa shape index (κ3) is 5.77. The standard InChI is InChI=1S/C28H27N7O4/c1-3-38-22-11-9-20(10-12-22)23-13-16-26(36)34(32-23)19(2)28(37)29-17-18-39-25-15-14-24-30-31-27(35(24)33-25)21-7-5-4-6-8-21/h4-16,19H,3,17-18H2,1-2H3,(H,29,37). The van der Waals surface area contributed by atoms with Gasteiger partial charge in [0.2, 0.25) is 11.8 Å². The number of hydrogen-bond donors (Lipinski definition) is 1. The maximum atomic E-state index is 12.8. The Labute approximate surface area is 224 Å². The summed E-state index contributed by atoms with van der Waals surface area (Å²) in [6, 6.07) is 22.7. The average molecular weight is 526 g/mol. The van der Waals surface area contributed by atoms with Crippen LogP contribution in [0.15, 0.2) is 83.7 Å². The van der Waals surface area contributed by atoms with Crippen LogP contribution in [-0.4, -0.2) is 55.3 Å². The minimum Gasteiger partial charge on any atom is -0.494 e. The molecule has 11 heteroatoms. The van der Waals surface area contributed by atoms with Crippen LogP contribution in [0.25, 0.3) is 28.3 Å². The highest BCUT2D eigenvalue weighted by atomic mass is 16.5. The SMILES string of the molecule is CCOc1ccc(-c2ccc(=O)n(C(C)C(=O)NCCOc3ccc4nnc(-c5ccccc5)n4n3)n2)cc1. The molecule has 11 nitrogen and oxygen atoms in total. The molecule has 0 spiro atoms. The van der Waals surface area contributed by atoms with E-state index in [4.69, 9.17) is 9.47 Å². The van der Waals surface area contributed by atoms with Gasteiger partial charge in [0.05, 0.1) is 18.8 Å². The van der Waals surface area contributed by atoms with Crippen LogP contribution in [-0.2, 0) is 4.79 Å². The zero-order valence-corrected chi connectivity index (χ0v) is 21.5. The molecule has 0 saturated carbocycles. The molecule has 0 aliphatic carbocycles. The molecule has 1 N–H and O–H groups in total. The van der Waals surface area contributed by atoms with Crippen molar-refractivity contribution in [2.45, 2.75) is 19.9 Å². The molecule has 0 aliphatic rings. The quantitative estimate of drug-likeness (QED) is 0.276. The summed E-state index contributed by atoms with van der Waals surface area (Å²) in [4.78, 5) is 25.3. The number of carbonyl (C=O) groups is 1. The summed E-state index contributed by atoms with van der Waals surface area (Å²) in [5, 5.41) is 20.0. The molecule has 39 heavy (non-hydrogen) atoms. The van der Waals surface area contributed by atoms with Gasteiger partial charge in [-0.1, -0.05) is 30.3 Å². The van der Waals surface area contributed by atoms with Crippen LogP contribution < -0.4 is 20.3 Å². The molecule has 0 saturated heterocycles. The lowest BCUT2D eigenvalue weighted by atomic mass is 10.1. The molecule has 0 radical (unpaired) electrons. The zero-order valence-electron chi connectivity index (χ0n) is 21.5. The number of benzene rings is 2. The molecule has 3 heterocycles. The first-order chi connectivity index (χ1) is 19.0. The fraction of sp³-hybridized carbons (Fsp3) is 0.214. The summed E-state index contributed by atoms with van der Waals surface area (Å²) in [6.07, 6.45) is 0. The highest BCUT2D eigenvalue weighted by Crippen LogP contribution is 2.21. The predicted octanol–water partition coefficient (Wildman–Crippen LogP) is 3.17. The fourth-order valence-electron chi connectivity index (χ4n) is 3.95. The molecule has 3 aromatic heterocycles. The molecule has 5 rings (SSSR count). The second-order valence-electron chi connectivity index (χ2n) is 8.61. The van der Waals surface area contributed by atoms with Crippen molar-refractivity contribution in [3.05, 3.63) is 89.2 Å². The summed E-state index contributed by atoms with van der Waals surface area (Å²) >= 11 is 0. The molecular weight excluding hydrogens is 498 g/mol. The Morgan fingerprint density at radius 3 is 2.46 bits per heavy atom. The largest absolute Gasteiger partial charge is 0.494 e. The van der Waals surface area contributed by atoms with E-state index in [2.05, 4.69) is 25.7 Å². The highest BCUT2D eigenvalue weighted by molar-refractivity contribution is 5.79. The van der Waals surface area contributed by atoms with E-state index < -0.39 is 6.04 Å². The Morgan fingerprint density at radius 2 is 1.69 bits per heavy atom. The smallest absolute Gasteiger partial charge is 0.267 e. The monoisotopic (exact) mass is 525 g/mol.